The molecule has 0 radical (unpaired) electrons. The largest absolute Gasteiger partial charge is 0.275 e. The van der Waals surface area contributed by atoms with E-state index in [2.05, 4.69) is 11.0 Å². The summed E-state index contributed by atoms with van der Waals surface area (Å²) in [7, 11) is 1.89. The molecular formula is C9H12N2. The van der Waals surface area contributed by atoms with Gasteiger partial charge in [0.15, 0.2) is 0 Å². The molecule has 0 atom stereocenters. The molecule has 1 aromatic rings. The Morgan fingerprint density at radius 1 is 1.64 bits per heavy atom. The van der Waals surface area contributed by atoms with E-state index in [-0.39, 0.29) is 5.41 Å². The second-order valence-electron chi connectivity index (χ2n) is 3.14. The van der Waals surface area contributed by atoms with Gasteiger partial charge in [-0.3, -0.25) is 4.68 Å². The Balaban J connectivity index is 3.04. The number of rotatable bonds is 1. The van der Waals surface area contributed by atoms with Gasteiger partial charge in [0, 0.05) is 13.2 Å². The predicted octanol–water partition coefficient (Wildman–Crippen LogP) is 1.33. The van der Waals surface area contributed by atoms with Crippen molar-refractivity contribution in [2.45, 2.75) is 19.3 Å². The third-order valence-electron chi connectivity index (χ3n) is 1.71. The number of nitrogens with zero attached hydrogens (tertiary/aromatic N) is 2. The number of aromatic nitrogens is 2. The quantitative estimate of drug-likeness (QED) is 0.549. The molecule has 2 nitrogen and oxygen atoms in total. The Morgan fingerprint density at radius 2 is 2.27 bits per heavy atom. The highest BCUT2D eigenvalue weighted by Crippen LogP contribution is 2.18. The van der Waals surface area contributed by atoms with Crippen molar-refractivity contribution in [3.05, 3.63) is 18.0 Å². The maximum Gasteiger partial charge on any atom is 0.0799 e. The summed E-state index contributed by atoms with van der Waals surface area (Å²) in [5, 5.41) is 4.23. The molecule has 0 saturated carbocycles. The molecule has 0 bridgehead atoms. The molecule has 0 spiro atoms. The summed E-state index contributed by atoms with van der Waals surface area (Å²) in [6.07, 6.45) is 7.25. The zero-order valence-corrected chi connectivity index (χ0v) is 7.13. The summed E-state index contributed by atoms with van der Waals surface area (Å²) >= 11 is 0. The number of aryl methyl sites for hydroxylation is 1. The van der Waals surface area contributed by atoms with Gasteiger partial charge in [-0.25, -0.2) is 0 Å². The fourth-order valence-corrected chi connectivity index (χ4v) is 0.822. The van der Waals surface area contributed by atoms with Crippen LogP contribution in [-0.4, -0.2) is 9.78 Å². The summed E-state index contributed by atoms with van der Waals surface area (Å²) in [5.41, 5.74) is 0.698. The fraction of sp³-hybridized carbons (Fsp3) is 0.444. The van der Waals surface area contributed by atoms with Crippen molar-refractivity contribution in [1.29, 1.82) is 0 Å². The van der Waals surface area contributed by atoms with Crippen molar-refractivity contribution in [3.8, 4) is 12.3 Å². The second kappa shape index (κ2) is 2.43. The highest BCUT2D eigenvalue weighted by molar-refractivity contribution is 5.24. The Kier molecular flexibility index (Phi) is 1.74. The van der Waals surface area contributed by atoms with Crippen LogP contribution in [0, 0.1) is 12.3 Å². The molecule has 2 heteroatoms. The van der Waals surface area contributed by atoms with Gasteiger partial charge in [-0.2, -0.15) is 5.10 Å². The number of hydrogen-bond donors (Lipinski definition) is 0. The van der Waals surface area contributed by atoms with Crippen molar-refractivity contribution in [1.82, 2.24) is 9.78 Å². The van der Waals surface area contributed by atoms with Gasteiger partial charge >= 0.3 is 0 Å². The van der Waals surface area contributed by atoms with Crippen LogP contribution in [0.1, 0.15) is 19.5 Å². The molecule has 1 heterocycles. The smallest absolute Gasteiger partial charge is 0.0799 e. The molecule has 58 valence electrons. The van der Waals surface area contributed by atoms with E-state index in [1.165, 1.54) is 0 Å². The Hall–Kier alpha value is -1.23. The van der Waals surface area contributed by atoms with Crippen molar-refractivity contribution >= 4 is 0 Å². The number of terminal acetylenes is 1. The standard InChI is InChI=1S/C9H12N2/c1-5-9(2,3)8-6-7-11(4)10-8/h1,6-7H,2-4H3. The van der Waals surface area contributed by atoms with Crippen LogP contribution in [-0.2, 0) is 12.5 Å². The molecule has 0 aliphatic carbocycles. The van der Waals surface area contributed by atoms with Crippen LogP contribution in [0.15, 0.2) is 12.3 Å². The van der Waals surface area contributed by atoms with Crippen LogP contribution in [0.3, 0.4) is 0 Å². The average molecular weight is 148 g/mol. The van der Waals surface area contributed by atoms with Crippen molar-refractivity contribution in [2.75, 3.05) is 0 Å². The molecule has 0 aliphatic heterocycles. The molecule has 11 heavy (non-hydrogen) atoms. The first-order valence-corrected chi connectivity index (χ1v) is 3.54. The third-order valence-corrected chi connectivity index (χ3v) is 1.71. The van der Waals surface area contributed by atoms with E-state index in [9.17, 15) is 0 Å². The lowest BCUT2D eigenvalue weighted by molar-refractivity contribution is 0.635. The van der Waals surface area contributed by atoms with Crippen LogP contribution < -0.4 is 0 Å². The molecule has 0 aliphatic rings. The van der Waals surface area contributed by atoms with Crippen LogP contribution in [0.4, 0.5) is 0 Å². The van der Waals surface area contributed by atoms with Crippen LogP contribution in [0.2, 0.25) is 0 Å². The SMILES string of the molecule is C#CC(C)(C)c1ccn(C)n1. The van der Waals surface area contributed by atoms with Gasteiger partial charge in [-0.15, -0.1) is 6.42 Å². The second-order valence-corrected chi connectivity index (χ2v) is 3.14. The van der Waals surface area contributed by atoms with E-state index in [0.29, 0.717) is 0 Å². The van der Waals surface area contributed by atoms with Crippen molar-refractivity contribution in [3.63, 3.8) is 0 Å². The fourth-order valence-electron chi connectivity index (χ4n) is 0.822. The van der Waals surface area contributed by atoms with Crippen molar-refractivity contribution in [2.24, 2.45) is 7.05 Å². The molecule has 1 rings (SSSR count). The average Bonchev–Trinajstić information content (AvgIpc) is 2.36. The lowest BCUT2D eigenvalue weighted by Crippen LogP contribution is -2.14. The molecule has 0 N–H and O–H groups in total. The summed E-state index contributed by atoms with van der Waals surface area (Å²) in [6, 6.07) is 1.94. The molecular weight excluding hydrogens is 136 g/mol. The topological polar surface area (TPSA) is 17.8 Å². The van der Waals surface area contributed by atoms with Gasteiger partial charge in [0.25, 0.3) is 0 Å². The summed E-state index contributed by atoms with van der Waals surface area (Å²) in [5.74, 6) is 2.70. The molecule has 0 saturated heterocycles. The molecule has 1 aromatic heterocycles. The van der Waals surface area contributed by atoms with Crippen LogP contribution in [0.25, 0.3) is 0 Å². The predicted molar refractivity (Wildman–Crippen MR) is 45.1 cm³/mol. The van der Waals surface area contributed by atoms with Gasteiger partial charge < -0.3 is 0 Å². The molecule has 0 aromatic carbocycles. The van der Waals surface area contributed by atoms with E-state index in [1.807, 2.05) is 33.2 Å². The normalized spacial score (nSPS) is 11.1. The van der Waals surface area contributed by atoms with Gasteiger partial charge in [0.2, 0.25) is 0 Å². The Morgan fingerprint density at radius 3 is 2.64 bits per heavy atom. The molecule has 0 unspecified atom stereocenters. The molecule has 0 fully saturated rings. The van der Waals surface area contributed by atoms with Gasteiger partial charge in [-0.05, 0) is 19.9 Å². The lowest BCUT2D eigenvalue weighted by atomic mass is 9.91. The minimum absolute atomic E-state index is 0.249. The van der Waals surface area contributed by atoms with E-state index in [1.54, 1.807) is 4.68 Å². The van der Waals surface area contributed by atoms with Crippen LogP contribution in [0.5, 0.6) is 0 Å². The molecule has 0 amide bonds. The van der Waals surface area contributed by atoms with E-state index in [0.717, 1.165) is 5.69 Å². The first-order valence-electron chi connectivity index (χ1n) is 3.54. The summed E-state index contributed by atoms with van der Waals surface area (Å²) in [6.45, 7) is 3.96. The number of hydrogen-bond acceptors (Lipinski definition) is 1. The Bertz CT molecular complexity index is 289. The third kappa shape index (κ3) is 1.43. The van der Waals surface area contributed by atoms with E-state index in [4.69, 9.17) is 6.42 Å². The van der Waals surface area contributed by atoms with Gasteiger partial charge in [0.05, 0.1) is 11.1 Å². The minimum Gasteiger partial charge on any atom is -0.275 e. The maximum absolute atomic E-state index is 5.35. The van der Waals surface area contributed by atoms with Gasteiger partial charge in [-0.1, -0.05) is 5.92 Å². The zero-order chi connectivity index (χ0) is 8.48. The first kappa shape index (κ1) is 7.87. The van der Waals surface area contributed by atoms with E-state index < -0.39 is 0 Å². The van der Waals surface area contributed by atoms with Crippen molar-refractivity contribution < 1.29 is 0 Å². The first-order chi connectivity index (χ1) is 5.06. The van der Waals surface area contributed by atoms with Crippen LogP contribution >= 0.6 is 0 Å². The van der Waals surface area contributed by atoms with Gasteiger partial charge in [0.1, 0.15) is 0 Å². The zero-order valence-electron chi connectivity index (χ0n) is 7.13. The lowest BCUT2D eigenvalue weighted by Gasteiger charge is -2.12. The summed E-state index contributed by atoms with van der Waals surface area (Å²) in [4.78, 5) is 0. The highest BCUT2D eigenvalue weighted by Gasteiger charge is 2.19. The minimum atomic E-state index is -0.249. The van der Waals surface area contributed by atoms with E-state index >= 15 is 0 Å². The summed E-state index contributed by atoms with van der Waals surface area (Å²) < 4.78 is 1.76. The maximum atomic E-state index is 5.35. The monoisotopic (exact) mass is 148 g/mol. The Labute approximate surface area is 67.2 Å². The highest BCUT2D eigenvalue weighted by atomic mass is 15.2.